The molecule has 0 saturated carbocycles. The van der Waals surface area contributed by atoms with Gasteiger partial charge < -0.3 is 25.6 Å². The lowest BCUT2D eigenvalue weighted by Gasteiger charge is -2.41. The van der Waals surface area contributed by atoms with Crippen LogP contribution in [0.5, 0.6) is 5.75 Å². The van der Waals surface area contributed by atoms with E-state index in [0.29, 0.717) is 28.8 Å². The summed E-state index contributed by atoms with van der Waals surface area (Å²) in [5, 5.41) is 32.6. The first-order valence-electron chi connectivity index (χ1n) is 11.4. The van der Waals surface area contributed by atoms with Gasteiger partial charge in [-0.1, -0.05) is 17.2 Å². The van der Waals surface area contributed by atoms with E-state index in [1.807, 2.05) is 0 Å². The normalized spacial score (nSPS) is 24.2. The van der Waals surface area contributed by atoms with Gasteiger partial charge in [0.25, 0.3) is 5.91 Å². The van der Waals surface area contributed by atoms with Gasteiger partial charge in [0.05, 0.1) is 23.4 Å². The number of aromatic nitrogens is 1. The maximum Gasteiger partial charge on any atom is 0.255 e. The molecule has 0 fully saturated rings. The molecule has 3 aliphatic carbocycles. The van der Waals surface area contributed by atoms with E-state index in [1.54, 1.807) is 30.5 Å². The molecule has 10 heteroatoms. The Kier molecular flexibility index (Phi) is 5.88. The van der Waals surface area contributed by atoms with Crippen molar-refractivity contribution in [3.05, 3.63) is 69.8 Å². The van der Waals surface area contributed by atoms with Crippen molar-refractivity contribution in [3.63, 3.8) is 0 Å². The Morgan fingerprint density at radius 3 is 2.61 bits per heavy atom. The predicted molar refractivity (Wildman–Crippen MR) is 130 cm³/mol. The minimum atomic E-state index is -1.31. The number of benzene rings is 1. The number of allylic oxidation sites excluding steroid dienone is 3. The molecule has 1 aromatic carbocycles. The number of phenolic OH excluding ortho intramolecular Hbond substituents is 1. The lowest BCUT2D eigenvalue weighted by molar-refractivity contribution is -0.126. The minimum Gasteiger partial charge on any atom is -0.616 e. The molecular formula is C26H24N2O7S. The molecule has 5 rings (SSSR count). The van der Waals surface area contributed by atoms with Crippen LogP contribution in [-0.4, -0.2) is 48.6 Å². The van der Waals surface area contributed by atoms with Crippen LogP contribution in [0.3, 0.4) is 0 Å². The topological polar surface area (TPSA) is 174 Å². The molecule has 9 nitrogen and oxygen atoms in total. The van der Waals surface area contributed by atoms with Crippen molar-refractivity contribution in [2.24, 2.45) is 23.5 Å². The van der Waals surface area contributed by atoms with Crippen LogP contribution in [0, 0.1) is 17.8 Å². The number of ketones is 2. The molecule has 0 aliphatic heterocycles. The molecule has 0 saturated heterocycles. The van der Waals surface area contributed by atoms with Gasteiger partial charge in [0.2, 0.25) is 0 Å². The quantitative estimate of drug-likeness (QED) is 0.360. The second-order valence-electron chi connectivity index (χ2n) is 9.47. The second-order valence-corrected chi connectivity index (χ2v) is 10.9. The number of primary amides is 1. The summed E-state index contributed by atoms with van der Waals surface area (Å²) in [6.07, 6.45) is 3.66. The Morgan fingerprint density at radius 2 is 1.97 bits per heavy atom. The highest BCUT2D eigenvalue weighted by molar-refractivity contribution is 7.89. The minimum absolute atomic E-state index is 0.00775. The van der Waals surface area contributed by atoms with Crippen molar-refractivity contribution >= 4 is 28.6 Å². The van der Waals surface area contributed by atoms with E-state index in [9.17, 15) is 34.3 Å². The third-order valence-electron chi connectivity index (χ3n) is 7.27. The zero-order valence-corrected chi connectivity index (χ0v) is 20.2. The highest BCUT2D eigenvalue weighted by atomic mass is 32.2. The summed E-state index contributed by atoms with van der Waals surface area (Å²) in [6, 6.07) is 7.02. The molecule has 36 heavy (non-hydrogen) atoms. The molecular weight excluding hydrogens is 484 g/mol. The van der Waals surface area contributed by atoms with E-state index in [4.69, 9.17) is 5.73 Å². The van der Waals surface area contributed by atoms with Gasteiger partial charge in [-0.25, -0.2) is 0 Å². The molecule has 1 heterocycles. The van der Waals surface area contributed by atoms with Crippen LogP contribution in [0.1, 0.15) is 34.3 Å². The molecule has 3 aliphatic rings. The number of aliphatic hydroxyl groups is 2. The highest BCUT2D eigenvalue weighted by Crippen LogP contribution is 2.51. The smallest absolute Gasteiger partial charge is 0.255 e. The number of phenols is 1. The van der Waals surface area contributed by atoms with Gasteiger partial charge in [-0.2, -0.15) is 0 Å². The van der Waals surface area contributed by atoms with E-state index in [1.165, 1.54) is 6.26 Å². The van der Waals surface area contributed by atoms with Crippen LogP contribution < -0.4 is 5.73 Å². The number of aromatic hydroxyl groups is 1. The van der Waals surface area contributed by atoms with E-state index < -0.39 is 63.5 Å². The molecule has 0 spiro atoms. The Hall–Kier alpha value is -3.63. The number of nitrogens with two attached hydrogens (primary N) is 1. The van der Waals surface area contributed by atoms with Gasteiger partial charge in [-0.15, -0.1) is 0 Å². The second kappa shape index (κ2) is 8.79. The zero-order valence-electron chi connectivity index (χ0n) is 19.4. The van der Waals surface area contributed by atoms with E-state index in [-0.39, 0.29) is 35.5 Å². The number of carbonyl (C=O) groups excluding carboxylic acids is 3. The summed E-state index contributed by atoms with van der Waals surface area (Å²) < 4.78 is 12.0. The number of hydrogen-bond acceptors (Lipinski definition) is 8. The first kappa shape index (κ1) is 24.1. The van der Waals surface area contributed by atoms with Crippen molar-refractivity contribution in [2.75, 3.05) is 6.26 Å². The highest BCUT2D eigenvalue weighted by Gasteiger charge is 2.50. The largest absolute Gasteiger partial charge is 0.616 e. The number of Topliss-reactive ketones (excluding diaryl/α,β-unsaturated/α-hetero) is 2. The van der Waals surface area contributed by atoms with Gasteiger partial charge in [-0.3, -0.25) is 19.4 Å². The number of nitrogens with zero attached hydrogens (tertiary/aromatic N) is 1. The van der Waals surface area contributed by atoms with Gasteiger partial charge in [0.1, 0.15) is 28.6 Å². The van der Waals surface area contributed by atoms with Crippen LogP contribution >= 0.6 is 0 Å². The lowest BCUT2D eigenvalue weighted by atomic mass is 9.62. The number of hydrogen-bond donors (Lipinski definition) is 4. The van der Waals surface area contributed by atoms with E-state index in [0.717, 1.165) is 0 Å². The van der Waals surface area contributed by atoms with E-state index in [2.05, 4.69) is 4.98 Å². The fourth-order valence-electron chi connectivity index (χ4n) is 5.84. The summed E-state index contributed by atoms with van der Waals surface area (Å²) in [5.74, 6) is -5.85. The summed E-state index contributed by atoms with van der Waals surface area (Å²) in [7, 11) is 0. The summed E-state index contributed by atoms with van der Waals surface area (Å²) in [6.45, 7) is 0. The SMILES string of the molecule is C[S+]([O-])Cc1cc(-c2ccccn2)c2c(c1O)C(=O)C1=C(O)C3C(=O)C(C(N)=O)=C(O)CC3CC1C2. The third kappa shape index (κ3) is 3.68. The Labute approximate surface area is 209 Å². The van der Waals surface area contributed by atoms with E-state index >= 15 is 0 Å². The van der Waals surface area contributed by atoms with Crippen LogP contribution in [0.2, 0.25) is 0 Å². The number of fused-ring (bicyclic) bond motifs is 3. The Morgan fingerprint density at radius 1 is 1.22 bits per heavy atom. The lowest BCUT2D eigenvalue weighted by Crippen LogP contribution is -2.43. The van der Waals surface area contributed by atoms with Crippen molar-refractivity contribution < 1.29 is 34.3 Å². The van der Waals surface area contributed by atoms with Crippen LogP contribution in [0.15, 0.2) is 53.1 Å². The molecule has 2 aromatic rings. The first-order valence-corrected chi connectivity index (χ1v) is 13.2. The monoisotopic (exact) mass is 508 g/mol. The first-order chi connectivity index (χ1) is 17.1. The zero-order chi connectivity index (χ0) is 25.9. The number of rotatable bonds is 4. The van der Waals surface area contributed by atoms with Gasteiger partial charge in [0.15, 0.2) is 11.6 Å². The van der Waals surface area contributed by atoms with Crippen molar-refractivity contribution in [1.82, 2.24) is 4.98 Å². The summed E-state index contributed by atoms with van der Waals surface area (Å²) in [4.78, 5) is 43.0. The predicted octanol–water partition coefficient (Wildman–Crippen LogP) is 2.41. The molecule has 4 atom stereocenters. The third-order valence-corrected chi connectivity index (χ3v) is 7.98. The van der Waals surface area contributed by atoms with Gasteiger partial charge in [0, 0.05) is 29.3 Å². The molecule has 0 bridgehead atoms. The number of pyridine rings is 1. The maximum atomic E-state index is 13.8. The summed E-state index contributed by atoms with van der Waals surface area (Å²) >= 11 is -1.31. The number of carbonyl (C=O) groups is 3. The van der Waals surface area contributed by atoms with Crippen molar-refractivity contribution in [2.45, 2.75) is 25.0 Å². The van der Waals surface area contributed by atoms with Gasteiger partial charge >= 0.3 is 0 Å². The van der Waals surface area contributed by atoms with Gasteiger partial charge in [-0.05, 0) is 48.4 Å². The maximum absolute atomic E-state index is 13.8. The molecule has 1 aromatic heterocycles. The fraction of sp³-hybridized carbons (Fsp3) is 0.308. The average molecular weight is 509 g/mol. The molecule has 4 unspecified atom stereocenters. The van der Waals surface area contributed by atoms with Crippen LogP contribution in [-0.2, 0) is 32.9 Å². The van der Waals surface area contributed by atoms with Crippen LogP contribution in [0.4, 0.5) is 0 Å². The molecule has 5 N–H and O–H groups in total. The van der Waals surface area contributed by atoms with Crippen LogP contribution in [0.25, 0.3) is 11.3 Å². The Balaban J connectivity index is 1.69. The number of amides is 1. The molecule has 186 valence electrons. The fourth-order valence-corrected chi connectivity index (χ4v) is 6.50. The average Bonchev–Trinajstić information content (AvgIpc) is 2.80. The Bertz CT molecular complexity index is 1380. The molecule has 1 amide bonds. The molecule has 0 radical (unpaired) electrons. The summed E-state index contributed by atoms with van der Waals surface area (Å²) in [5.41, 5.74) is 6.80. The number of aliphatic hydroxyl groups excluding tert-OH is 2. The van der Waals surface area contributed by atoms with Crippen molar-refractivity contribution in [1.29, 1.82) is 0 Å². The standard InChI is InChI=1S/C26H24N2O7S/c1-36(35)10-13-8-14(16-4-2-3-5-28-16)15-7-11-6-12-9-17(29)21(26(27)34)25(33)19(12)23(31)18(11)24(32)20(15)22(13)30/h2-5,8,11-12,19,29-31H,6-7,9-10H2,1H3,(H2,27,34). The van der Waals surface area contributed by atoms with Crippen molar-refractivity contribution in [3.8, 4) is 17.0 Å².